The second-order valence-electron chi connectivity index (χ2n) is 9.36. The van der Waals surface area contributed by atoms with Crippen molar-refractivity contribution < 1.29 is 9.90 Å². The van der Waals surface area contributed by atoms with Gasteiger partial charge in [0.15, 0.2) is 0 Å². The van der Waals surface area contributed by atoms with Gasteiger partial charge in [0.25, 0.3) is 0 Å². The summed E-state index contributed by atoms with van der Waals surface area (Å²) in [5, 5.41) is 14.5. The van der Waals surface area contributed by atoms with Gasteiger partial charge in [-0.3, -0.25) is 14.5 Å². The van der Waals surface area contributed by atoms with Crippen LogP contribution in [0, 0.1) is 5.92 Å². The van der Waals surface area contributed by atoms with Crippen molar-refractivity contribution in [2.45, 2.75) is 45.3 Å². The SMILES string of the molecule is CC(C)(O)Cn1cc(C2=Cc3c(N4CCN(C(=O)C5CC5)CC4)ccnc3C2)cn1. The number of aromatic nitrogens is 3. The molecular formula is C23H29N5O2. The molecule has 0 radical (unpaired) electrons. The fraction of sp³-hybridized carbons (Fsp3) is 0.522. The van der Waals surface area contributed by atoms with E-state index in [1.54, 1.807) is 18.5 Å². The number of anilines is 1. The van der Waals surface area contributed by atoms with Crippen LogP contribution in [0.25, 0.3) is 11.6 Å². The number of nitrogens with zero attached hydrogens (tertiary/aromatic N) is 5. The Labute approximate surface area is 177 Å². The second-order valence-corrected chi connectivity index (χ2v) is 9.36. The summed E-state index contributed by atoms with van der Waals surface area (Å²) >= 11 is 0. The molecule has 2 fully saturated rings. The highest BCUT2D eigenvalue weighted by Crippen LogP contribution is 2.37. The zero-order chi connectivity index (χ0) is 20.9. The molecule has 0 aromatic carbocycles. The maximum Gasteiger partial charge on any atom is 0.225 e. The molecule has 3 heterocycles. The molecule has 7 nitrogen and oxygen atoms in total. The van der Waals surface area contributed by atoms with E-state index in [1.165, 1.54) is 16.8 Å². The van der Waals surface area contributed by atoms with Gasteiger partial charge in [0.2, 0.25) is 5.91 Å². The first-order valence-electron chi connectivity index (χ1n) is 10.8. The third-order valence-corrected chi connectivity index (χ3v) is 6.14. The van der Waals surface area contributed by atoms with Gasteiger partial charge in [-0.15, -0.1) is 0 Å². The standard InChI is InChI=1S/C23H29N5O2/c1-23(2,30)15-28-14-18(13-25-28)17-11-19-20(12-17)24-6-5-21(19)26-7-9-27(10-8-26)22(29)16-3-4-16/h5-6,11,13-14,16,30H,3-4,7-10,12,15H2,1-2H3. The number of hydrogen-bond acceptors (Lipinski definition) is 5. The summed E-state index contributed by atoms with van der Waals surface area (Å²) in [6.45, 7) is 7.35. The number of rotatable bonds is 5. The number of carbonyl (C=O) groups excluding carboxylic acids is 1. The molecule has 2 aromatic heterocycles. The van der Waals surface area contributed by atoms with Crippen molar-refractivity contribution in [1.82, 2.24) is 19.7 Å². The molecule has 2 aromatic rings. The molecule has 0 atom stereocenters. The topological polar surface area (TPSA) is 74.5 Å². The molecule has 0 unspecified atom stereocenters. The smallest absolute Gasteiger partial charge is 0.225 e. The van der Waals surface area contributed by atoms with E-state index in [-0.39, 0.29) is 0 Å². The lowest BCUT2D eigenvalue weighted by molar-refractivity contribution is -0.132. The van der Waals surface area contributed by atoms with Crippen LogP contribution in [0.2, 0.25) is 0 Å². The molecule has 7 heteroatoms. The quantitative estimate of drug-likeness (QED) is 0.823. The fourth-order valence-electron chi connectivity index (χ4n) is 4.44. The number of piperazine rings is 1. The van der Waals surface area contributed by atoms with E-state index in [0.717, 1.165) is 56.7 Å². The van der Waals surface area contributed by atoms with Gasteiger partial charge in [0.1, 0.15) is 0 Å². The first-order chi connectivity index (χ1) is 14.4. The Bertz CT molecular complexity index is 991. The van der Waals surface area contributed by atoms with Gasteiger partial charge in [-0.2, -0.15) is 5.10 Å². The van der Waals surface area contributed by atoms with E-state index < -0.39 is 5.60 Å². The van der Waals surface area contributed by atoms with Crippen molar-refractivity contribution in [1.29, 1.82) is 0 Å². The number of carbonyl (C=O) groups is 1. The number of pyridine rings is 1. The summed E-state index contributed by atoms with van der Waals surface area (Å²) in [5.41, 5.74) is 4.96. The van der Waals surface area contributed by atoms with Crippen LogP contribution >= 0.6 is 0 Å². The van der Waals surface area contributed by atoms with Crippen LogP contribution in [0.4, 0.5) is 5.69 Å². The molecule has 5 rings (SSSR count). The molecule has 0 spiro atoms. The van der Waals surface area contributed by atoms with Crippen molar-refractivity contribution in [2.24, 2.45) is 5.92 Å². The Morgan fingerprint density at radius 3 is 2.70 bits per heavy atom. The monoisotopic (exact) mass is 407 g/mol. The first kappa shape index (κ1) is 19.3. The molecule has 1 saturated carbocycles. The zero-order valence-electron chi connectivity index (χ0n) is 17.7. The van der Waals surface area contributed by atoms with Crippen molar-refractivity contribution >= 4 is 23.2 Å². The van der Waals surface area contributed by atoms with E-state index in [0.29, 0.717) is 18.4 Å². The van der Waals surface area contributed by atoms with Crippen LogP contribution in [0.15, 0.2) is 24.7 Å². The van der Waals surface area contributed by atoms with E-state index in [2.05, 4.69) is 27.1 Å². The maximum absolute atomic E-state index is 12.3. The number of fused-ring (bicyclic) bond motifs is 1. The number of amides is 1. The van der Waals surface area contributed by atoms with Crippen LogP contribution in [-0.2, 0) is 17.8 Å². The van der Waals surface area contributed by atoms with Crippen LogP contribution in [0.3, 0.4) is 0 Å². The minimum absolute atomic E-state index is 0.296. The van der Waals surface area contributed by atoms with Crippen LogP contribution in [-0.4, -0.2) is 62.5 Å². The minimum atomic E-state index is -0.798. The summed E-state index contributed by atoms with van der Waals surface area (Å²) in [7, 11) is 0. The Hall–Kier alpha value is -2.67. The van der Waals surface area contributed by atoms with E-state index in [4.69, 9.17) is 0 Å². The van der Waals surface area contributed by atoms with E-state index in [1.807, 2.05) is 23.5 Å². The van der Waals surface area contributed by atoms with Crippen molar-refractivity contribution in [3.63, 3.8) is 0 Å². The summed E-state index contributed by atoms with van der Waals surface area (Å²) in [6.07, 6.45) is 10.9. The normalized spacial score (nSPS) is 19.1. The third-order valence-electron chi connectivity index (χ3n) is 6.14. The highest BCUT2D eigenvalue weighted by atomic mass is 16.3. The van der Waals surface area contributed by atoms with Gasteiger partial charge >= 0.3 is 0 Å². The Morgan fingerprint density at radius 1 is 1.23 bits per heavy atom. The van der Waals surface area contributed by atoms with Gasteiger partial charge in [0.05, 0.1) is 24.0 Å². The summed E-state index contributed by atoms with van der Waals surface area (Å²) in [5.74, 6) is 0.643. The van der Waals surface area contributed by atoms with Gasteiger partial charge in [-0.25, -0.2) is 0 Å². The van der Waals surface area contributed by atoms with Crippen LogP contribution in [0.5, 0.6) is 0 Å². The predicted molar refractivity (Wildman–Crippen MR) is 116 cm³/mol. The fourth-order valence-corrected chi connectivity index (χ4v) is 4.44. The Balaban J connectivity index is 1.32. The highest BCUT2D eigenvalue weighted by molar-refractivity contribution is 5.91. The molecule has 1 saturated heterocycles. The summed E-state index contributed by atoms with van der Waals surface area (Å²) < 4.78 is 1.80. The average molecular weight is 408 g/mol. The van der Waals surface area contributed by atoms with Gasteiger partial charge in [-0.05, 0) is 44.4 Å². The molecule has 1 aliphatic heterocycles. The minimum Gasteiger partial charge on any atom is -0.389 e. The summed E-state index contributed by atoms with van der Waals surface area (Å²) in [6, 6.07) is 2.09. The lowest BCUT2D eigenvalue weighted by atomic mass is 10.1. The average Bonchev–Trinajstić information content (AvgIpc) is 3.31. The number of aliphatic hydroxyl groups is 1. The predicted octanol–water partition coefficient (Wildman–Crippen LogP) is 2.20. The zero-order valence-corrected chi connectivity index (χ0v) is 17.7. The van der Waals surface area contributed by atoms with E-state index in [9.17, 15) is 9.90 Å². The largest absolute Gasteiger partial charge is 0.389 e. The van der Waals surface area contributed by atoms with Crippen LogP contribution in [0.1, 0.15) is 43.5 Å². The summed E-state index contributed by atoms with van der Waals surface area (Å²) in [4.78, 5) is 21.4. The molecule has 0 bridgehead atoms. The molecule has 158 valence electrons. The highest BCUT2D eigenvalue weighted by Gasteiger charge is 2.35. The van der Waals surface area contributed by atoms with E-state index >= 15 is 0 Å². The van der Waals surface area contributed by atoms with Crippen molar-refractivity contribution in [3.05, 3.63) is 41.5 Å². The lowest BCUT2D eigenvalue weighted by Gasteiger charge is -2.37. The molecule has 1 N–H and O–H groups in total. The molecule has 2 aliphatic carbocycles. The molecule has 3 aliphatic rings. The number of hydrogen-bond donors (Lipinski definition) is 1. The first-order valence-corrected chi connectivity index (χ1v) is 10.8. The number of allylic oxidation sites excluding steroid dienone is 1. The van der Waals surface area contributed by atoms with Crippen molar-refractivity contribution in [3.8, 4) is 0 Å². The Kier molecular flexibility index (Phi) is 4.65. The second kappa shape index (κ2) is 7.23. The van der Waals surface area contributed by atoms with Gasteiger partial charge in [-0.1, -0.05) is 0 Å². The molecular weight excluding hydrogens is 378 g/mol. The van der Waals surface area contributed by atoms with Gasteiger partial charge in [0, 0.05) is 67.7 Å². The lowest BCUT2D eigenvalue weighted by Crippen LogP contribution is -2.49. The van der Waals surface area contributed by atoms with Gasteiger partial charge < -0.3 is 14.9 Å². The third kappa shape index (κ3) is 3.86. The molecule has 1 amide bonds. The Morgan fingerprint density at radius 2 is 2.00 bits per heavy atom. The maximum atomic E-state index is 12.3. The van der Waals surface area contributed by atoms with Crippen LogP contribution < -0.4 is 4.90 Å². The van der Waals surface area contributed by atoms with Crippen molar-refractivity contribution in [2.75, 3.05) is 31.1 Å². The molecule has 30 heavy (non-hydrogen) atoms.